The second-order valence-corrected chi connectivity index (χ2v) is 8.88. The van der Waals surface area contributed by atoms with Gasteiger partial charge in [0.1, 0.15) is 11.6 Å². The van der Waals surface area contributed by atoms with Crippen LogP contribution in [0.2, 0.25) is 0 Å². The molecule has 0 N–H and O–H groups in total. The van der Waals surface area contributed by atoms with E-state index in [1.54, 1.807) is 0 Å². The summed E-state index contributed by atoms with van der Waals surface area (Å²) in [4.78, 5) is 7.04. The van der Waals surface area contributed by atoms with Crippen molar-refractivity contribution in [2.45, 2.75) is 65.7 Å². The van der Waals surface area contributed by atoms with Crippen LogP contribution in [0.15, 0.2) is 12.1 Å². The first-order valence-electron chi connectivity index (χ1n) is 10.3. The van der Waals surface area contributed by atoms with Gasteiger partial charge in [-0.3, -0.25) is 0 Å². The monoisotopic (exact) mass is 387 g/mol. The van der Waals surface area contributed by atoms with E-state index in [2.05, 4.69) is 56.1 Å². The molecule has 4 nitrogen and oxygen atoms in total. The van der Waals surface area contributed by atoms with Gasteiger partial charge in [0.15, 0.2) is 0 Å². The van der Waals surface area contributed by atoms with Gasteiger partial charge in [-0.15, -0.1) is 0 Å². The van der Waals surface area contributed by atoms with Crippen molar-refractivity contribution in [2.24, 2.45) is 5.92 Å². The van der Waals surface area contributed by atoms with Gasteiger partial charge in [-0.05, 0) is 75.4 Å². The fourth-order valence-corrected chi connectivity index (χ4v) is 4.36. The largest absolute Gasteiger partial charge is 0.430 e. The molecule has 1 aliphatic rings. The maximum Gasteiger partial charge on any atom is 0.298 e. The molecule has 1 aromatic heterocycles. The van der Waals surface area contributed by atoms with E-state index in [4.69, 9.17) is 9.72 Å². The van der Waals surface area contributed by atoms with Crippen LogP contribution in [0.25, 0.3) is 0 Å². The van der Waals surface area contributed by atoms with Crippen molar-refractivity contribution >= 4 is 11.5 Å². The van der Waals surface area contributed by atoms with Crippen LogP contribution in [0.4, 0.5) is 0 Å². The van der Waals surface area contributed by atoms with Gasteiger partial charge < -0.3 is 9.64 Å². The van der Waals surface area contributed by atoms with E-state index in [1.165, 1.54) is 48.3 Å². The SMILES string of the molecule is CCN(C)CCc1cc(C)c(Oc2nc(C3CCC(C)CC3)ns2)cc1C. The Morgan fingerprint density at radius 3 is 2.59 bits per heavy atom. The summed E-state index contributed by atoms with van der Waals surface area (Å²) in [5, 5.41) is 0.671. The predicted octanol–water partition coefficient (Wildman–Crippen LogP) is 5.74. The minimum atomic E-state index is 0.510. The Balaban J connectivity index is 1.66. The number of hydrogen-bond donors (Lipinski definition) is 0. The maximum absolute atomic E-state index is 6.12. The normalized spacial score (nSPS) is 20.2. The first-order chi connectivity index (χ1) is 13.0. The molecule has 148 valence electrons. The average Bonchev–Trinajstić information content (AvgIpc) is 3.12. The van der Waals surface area contributed by atoms with Gasteiger partial charge in [0, 0.05) is 24.0 Å². The number of benzene rings is 1. The van der Waals surface area contributed by atoms with Crippen molar-refractivity contribution in [3.8, 4) is 10.9 Å². The highest BCUT2D eigenvalue weighted by Gasteiger charge is 2.23. The molecule has 0 spiro atoms. The van der Waals surface area contributed by atoms with E-state index >= 15 is 0 Å². The number of hydrogen-bond acceptors (Lipinski definition) is 5. The molecule has 0 atom stereocenters. The molecular formula is C22H33N3OS. The van der Waals surface area contributed by atoms with Crippen LogP contribution >= 0.6 is 11.5 Å². The molecule has 27 heavy (non-hydrogen) atoms. The lowest BCUT2D eigenvalue weighted by molar-refractivity contribution is 0.340. The molecule has 1 saturated carbocycles. The fraction of sp³-hybridized carbons (Fsp3) is 0.636. The lowest BCUT2D eigenvalue weighted by atomic mass is 9.83. The minimum Gasteiger partial charge on any atom is -0.430 e. The molecule has 0 unspecified atom stereocenters. The van der Waals surface area contributed by atoms with Gasteiger partial charge in [-0.25, -0.2) is 0 Å². The Labute approximate surface area is 168 Å². The van der Waals surface area contributed by atoms with Crippen LogP contribution in [0.5, 0.6) is 10.9 Å². The molecular weight excluding hydrogens is 354 g/mol. The van der Waals surface area contributed by atoms with Crippen molar-refractivity contribution < 1.29 is 4.74 Å². The lowest BCUT2D eigenvalue weighted by Crippen LogP contribution is -2.20. The topological polar surface area (TPSA) is 38.2 Å². The van der Waals surface area contributed by atoms with Crippen molar-refractivity contribution in [1.29, 1.82) is 0 Å². The zero-order valence-electron chi connectivity index (χ0n) is 17.4. The molecule has 0 bridgehead atoms. The van der Waals surface area contributed by atoms with Gasteiger partial charge in [0.05, 0.1) is 0 Å². The summed E-state index contributed by atoms with van der Waals surface area (Å²) in [6.45, 7) is 11.0. The number of nitrogens with zero attached hydrogens (tertiary/aromatic N) is 3. The number of likely N-dealkylation sites (N-methyl/N-ethyl adjacent to an activating group) is 1. The molecule has 1 aliphatic carbocycles. The molecule has 5 heteroatoms. The number of ether oxygens (including phenoxy) is 1. The van der Waals surface area contributed by atoms with Crippen LogP contribution in [0.3, 0.4) is 0 Å². The quantitative estimate of drug-likeness (QED) is 0.607. The summed E-state index contributed by atoms with van der Waals surface area (Å²) in [5.41, 5.74) is 3.85. The lowest BCUT2D eigenvalue weighted by Gasteiger charge is -2.23. The van der Waals surface area contributed by atoms with Crippen LogP contribution in [0, 0.1) is 19.8 Å². The molecule has 0 saturated heterocycles. The van der Waals surface area contributed by atoms with Gasteiger partial charge in [-0.2, -0.15) is 9.36 Å². The summed E-state index contributed by atoms with van der Waals surface area (Å²) < 4.78 is 10.7. The summed E-state index contributed by atoms with van der Waals surface area (Å²) in [6, 6.07) is 4.42. The third-order valence-electron chi connectivity index (χ3n) is 5.94. The highest BCUT2D eigenvalue weighted by molar-refractivity contribution is 7.07. The van der Waals surface area contributed by atoms with Crippen molar-refractivity contribution in [1.82, 2.24) is 14.3 Å². The first-order valence-corrected chi connectivity index (χ1v) is 11.0. The molecule has 3 rings (SSSR count). The van der Waals surface area contributed by atoms with Gasteiger partial charge in [0.2, 0.25) is 0 Å². The third kappa shape index (κ3) is 5.29. The second-order valence-electron chi connectivity index (χ2n) is 8.17. The number of rotatable bonds is 7. The third-order valence-corrected chi connectivity index (χ3v) is 6.55. The van der Waals surface area contributed by atoms with Crippen LogP contribution < -0.4 is 4.74 Å². The van der Waals surface area contributed by atoms with E-state index in [0.717, 1.165) is 42.6 Å². The predicted molar refractivity (Wildman–Crippen MR) is 113 cm³/mol. The molecule has 1 fully saturated rings. The second kappa shape index (κ2) is 9.16. The Hall–Kier alpha value is -1.46. The Kier molecular flexibility index (Phi) is 6.88. The highest BCUT2D eigenvalue weighted by atomic mass is 32.1. The molecule has 0 amide bonds. The standard InChI is InChI=1S/C22H33N3OS/c1-6-25(5)12-11-19-13-17(4)20(14-16(19)3)26-22-23-21(24-27-22)18-9-7-15(2)8-10-18/h13-15,18H,6-12H2,1-5H3. The van der Waals surface area contributed by atoms with E-state index in [0.29, 0.717) is 11.1 Å². The molecule has 0 radical (unpaired) electrons. The molecule has 2 aromatic rings. The van der Waals surface area contributed by atoms with Crippen LogP contribution in [-0.2, 0) is 6.42 Å². The molecule has 1 aromatic carbocycles. The van der Waals surface area contributed by atoms with Gasteiger partial charge in [0.25, 0.3) is 5.19 Å². The van der Waals surface area contributed by atoms with Crippen molar-refractivity contribution in [3.05, 3.63) is 34.6 Å². The van der Waals surface area contributed by atoms with Gasteiger partial charge in [-0.1, -0.05) is 32.8 Å². The zero-order valence-corrected chi connectivity index (χ0v) is 18.2. The van der Waals surface area contributed by atoms with Crippen molar-refractivity contribution in [3.63, 3.8) is 0 Å². The Morgan fingerprint density at radius 1 is 1.15 bits per heavy atom. The van der Waals surface area contributed by atoms with E-state index in [-0.39, 0.29) is 0 Å². The van der Waals surface area contributed by atoms with Crippen LogP contribution in [0.1, 0.15) is 68.0 Å². The van der Waals surface area contributed by atoms with E-state index in [9.17, 15) is 0 Å². The smallest absolute Gasteiger partial charge is 0.298 e. The van der Waals surface area contributed by atoms with E-state index in [1.807, 2.05) is 0 Å². The summed E-state index contributed by atoms with van der Waals surface area (Å²) in [5.74, 6) is 3.24. The first kappa shape index (κ1) is 20.3. The maximum atomic E-state index is 6.12. The summed E-state index contributed by atoms with van der Waals surface area (Å²) >= 11 is 1.38. The highest BCUT2D eigenvalue weighted by Crippen LogP contribution is 2.36. The summed E-state index contributed by atoms with van der Waals surface area (Å²) in [6.07, 6.45) is 6.05. The number of aryl methyl sites for hydroxylation is 2. The molecule has 1 heterocycles. The van der Waals surface area contributed by atoms with Gasteiger partial charge >= 0.3 is 0 Å². The van der Waals surface area contributed by atoms with E-state index < -0.39 is 0 Å². The Morgan fingerprint density at radius 2 is 1.89 bits per heavy atom. The van der Waals surface area contributed by atoms with Crippen LogP contribution in [-0.4, -0.2) is 34.4 Å². The minimum absolute atomic E-state index is 0.510. The zero-order chi connectivity index (χ0) is 19.4. The summed E-state index contributed by atoms with van der Waals surface area (Å²) in [7, 11) is 2.17. The average molecular weight is 388 g/mol. The number of aromatic nitrogens is 2. The molecule has 0 aliphatic heterocycles. The Bertz CT molecular complexity index is 750. The fourth-order valence-electron chi connectivity index (χ4n) is 3.74. The van der Waals surface area contributed by atoms with Crippen molar-refractivity contribution in [2.75, 3.05) is 20.1 Å².